The number of rotatable bonds is 5. The van der Waals surface area contributed by atoms with Crippen LogP contribution in [0.1, 0.15) is 15.2 Å². The van der Waals surface area contributed by atoms with E-state index in [9.17, 15) is 4.79 Å². The number of halogens is 2. The molecule has 1 aromatic carbocycles. The monoisotopic (exact) mass is 325 g/mol. The minimum atomic E-state index is -0.111. The van der Waals surface area contributed by atoms with Gasteiger partial charge in [0.1, 0.15) is 0 Å². The zero-order valence-corrected chi connectivity index (χ0v) is 13.0. The van der Waals surface area contributed by atoms with E-state index in [1.807, 2.05) is 12.1 Å². The fraction of sp³-hybridized carbons (Fsp3) is 0.133. The molecule has 2 rings (SSSR count). The first-order chi connectivity index (χ1) is 9.61. The van der Waals surface area contributed by atoms with Gasteiger partial charge < -0.3 is 4.90 Å². The molecule has 1 heterocycles. The van der Waals surface area contributed by atoms with Crippen LogP contribution in [-0.2, 0) is 6.54 Å². The van der Waals surface area contributed by atoms with Crippen LogP contribution in [0.25, 0.3) is 0 Å². The van der Waals surface area contributed by atoms with E-state index < -0.39 is 0 Å². The highest BCUT2D eigenvalue weighted by Crippen LogP contribution is 2.24. The van der Waals surface area contributed by atoms with E-state index in [2.05, 4.69) is 6.58 Å². The van der Waals surface area contributed by atoms with Crippen molar-refractivity contribution in [2.75, 3.05) is 6.54 Å². The third kappa shape index (κ3) is 3.63. The SMILES string of the molecule is C=CCN(Cc1ccc(Cl)s1)C(=O)c1ccccc1Cl. The van der Waals surface area contributed by atoms with Gasteiger partial charge in [-0.25, -0.2) is 0 Å². The van der Waals surface area contributed by atoms with Gasteiger partial charge in [0.25, 0.3) is 5.91 Å². The fourth-order valence-corrected chi connectivity index (χ4v) is 3.12. The zero-order chi connectivity index (χ0) is 14.5. The molecular formula is C15H13Cl2NOS. The van der Waals surface area contributed by atoms with E-state index in [1.165, 1.54) is 11.3 Å². The topological polar surface area (TPSA) is 20.3 Å². The molecule has 0 fully saturated rings. The van der Waals surface area contributed by atoms with Crippen LogP contribution in [0.3, 0.4) is 0 Å². The average Bonchev–Trinajstić information content (AvgIpc) is 2.83. The highest BCUT2D eigenvalue weighted by molar-refractivity contribution is 7.16. The number of benzene rings is 1. The average molecular weight is 326 g/mol. The Morgan fingerprint density at radius 2 is 2.00 bits per heavy atom. The van der Waals surface area contributed by atoms with Crippen molar-refractivity contribution in [2.45, 2.75) is 6.54 Å². The van der Waals surface area contributed by atoms with E-state index in [1.54, 1.807) is 35.2 Å². The molecule has 2 nitrogen and oxygen atoms in total. The van der Waals surface area contributed by atoms with Gasteiger partial charge in [0.2, 0.25) is 0 Å². The van der Waals surface area contributed by atoms with Crippen LogP contribution < -0.4 is 0 Å². The van der Waals surface area contributed by atoms with Crippen LogP contribution in [0.5, 0.6) is 0 Å². The van der Waals surface area contributed by atoms with Crippen LogP contribution in [0.4, 0.5) is 0 Å². The number of carbonyl (C=O) groups excluding carboxylic acids is 1. The summed E-state index contributed by atoms with van der Waals surface area (Å²) in [7, 11) is 0. The molecule has 1 aromatic heterocycles. The standard InChI is InChI=1S/C15H13Cl2NOS/c1-2-9-18(10-11-7-8-14(17)20-11)15(19)12-5-3-4-6-13(12)16/h2-8H,1,9-10H2. The first-order valence-corrected chi connectivity index (χ1v) is 7.58. The van der Waals surface area contributed by atoms with Crippen molar-refractivity contribution in [1.29, 1.82) is 0 Å². The molecule has 20 heavy (non-hydrogen) atoms. The van der Waals surface area contributed by atoms with Gasteiger partial charge in [-0.2, -0.15) is 0 Å². The maximum absolute atomic E-state index is 12.5. The lowest BCUT2D eigenvalue weighted by Gasteiger charge is -2.21. The molecule has 2 aromatic rings. The summed E-state index contributed by atoms with van der Waals surface area (Å²) in [4.78, 5) is 15.2. The summed E-state index contributed by atoms with van der Waals surface area (Å²) in [5.41, 5.74) is 0.499. The highest BCUT2D eigenvalue weighted by atomic mass is 35.5. The molecule has 0 aliphatic heterocycles. The molecule has 5 heteroatoms. The maximum atomic E-state index is 12.5. The van der Waals surface area contributed by atoms with Gasteiger partial charge in [-0.15, -0.1) is 17.9 Å². The molecule has 0 aliphatic carbocycles. The minimum absolute atomic E-state index is 0.111. The molecular weight excluding hydrogens is 313 g/mol. The van der Waals surface area contributed by atoms with Gasteiger partial charge >= 0.3 is 0 Å². The van der Waals surface area contributed by atoms with Gasteiger partial charge in [0.15, 0.2) is 0 Å². The summed E-state index contributed by atoms with van der Waals surface area (Å²) in [6, 6.07) is 10.8. The lowest BCUT2D eigenvalue weighted by atomic mass is 10.2. The van der Waals surface area contributed by atoms with Gasteiger partial charge in [0, 0.05) is 11.4 Å². The van der Waals surface area contributed by atoms with Crippen LogP contribution in [-0.4, -0.2) is 17.4 Å². The third-order valence-electron chi connectivity index (χ3n) is 2.72. The largest absolute Gasteiger partial charge is 0.330 e. The fourth-order valence-electron chi connectivity index (χ4n) is 1.80. The summed E-state index contributed by atoms with van der Waals surface area (Å²) in [6.45, 7) is 4.65. The molecule has 0 unspecified atom stereocenters. The van der Waals surface area contributed by atoms with Crippen LogP contribution >= 0.6 is 34.5 Å². The van der Waals surface area contributed by atoms with Crippen molar-refractivity contribution in [3.63, 3.8) is 0 Å². The molecule has 0 atom stereocenters. The summed E-state index contributed by atoms with van der Waals surface area (Å²) < 4.78 is 0.712. The van der Waals surface area contributed by atoms with Gasteiger partial charge in [-0.05, 0) is 24.3 Å². The molecule has 0 bridgehead atoms. The van der Waals surface area contributed by atoms with Gasteiger partial charge in [0.05, 0.1) is 21.5 Å². The molecule has 0 saturated heterocycles. The van der Waals surface area contributed by atoms with E-state index >= 15 is 0 Å². The summed E-state index contributed by atoms with van der Waals surface area (Å²) in [5, 5.41) is 0.454. The summed E-state index contributed by atoms with van der Waals surface area (Å²) in [6.07, 6.45) is 1.70. The van der Waals surface area contributed by atoms with Crippen LogP contribution in [0.15, 0.2) is 49.1 Å². The Hall–Kier alpha value is -1.29. The number of carbonyl (C=O) groups is 1. The smallest absolute Gasteiger partial charge is 0.255 e. The van der Waals surface area contributed by atoms with Crippen molar-refractivity contribution < 1.29 is 4.79 Å². The Morgan fingerprint density at radius 1 is 1.25 bits per heavy atom. The predicted octanol–water partition coefficient (Wildman–Crippen LogP) is 4.88. The first-order valence-electron chi connectivity index (χ1n) is 6.00. The van der Waals surface area contributed by atoms with E-state index in [0.29, 0.717) is 28.0 Å². The molecule has 0 saturated carbocycles. The molecule has 0 N–H and O–H groups in total. The van der Waals surface area contributed by atoms with E-state index in [0.717, 1.165) is 4.88 Å². The van der Waals surface area contributed by atoms with Gasteiger partial charge in [-0.3, -0.25) is 4.79 Å². The zero-order valence-electron chi connectivity index (χ0n) is 10.7. The second-order valence-corrected chi connectivity index (χ2v) is 6.37. The minimum Gasteiger partial charge on any atom is -0.330 e. The number of thiophene rings is 1. The number of nitrogens with zero attached hydrogens (tertiary/aromatic N) is 1. The Bertz CT molecular complexity index is 624. The molecule has 0 radical (unpaired) electrons. The first kappa shape index (κ1) is 15.1. The Balaban J connectivity index is 2.22. The molecule has 0 aliphatic rings. The Morgan fingerprint density at radius 3 is 2.60 bits per heavy atom. The predicted molar refractivity (Wildman–Crippen MR) is 85.7 cm³/mol. The second kappa shape index (κ2) is 6.93. The second-order valence-electron chi connectivity index (χ2n) is 4.16. The lowest BCUT2D eigenvalue weighted by molar-refractivity contribution is 0.0764. The summed E-state index contributed by atoms with van der Waals surface area (Å²) in [5.74, 6) is -0.111. The number of hydrogen-bond donors (Lipinski definition) is 0. The van der Waals surface area contributed by atoms with Crippen molar-refractivity contribution in [3.05, 3.63) is 68.9 Å². The highest BCUT2D eigenvalue weighted by Gasteiger charge is 2.18. The van der Waals surface area contributed by atoms with Crippen molar-refractivity contribution in [2.24, 2.45) is 0 Å². The van der Waals surface area contributed by atoms with Crippen molar-refractivity contribution in [1.82, 2.24) is 4.90 Å². The Kier molecular flexibility index (Phi) is 5.24. The summed E-state index contributed by atoms with van der Waals surface area (Å²) >= 11 is 13.5. The van der Waals surface area contributed by atoms with Crippen molar-refractivity contribution in [3.8, 4) is 0 Å². The molecule has 0 spiro atoms. The lowest BCUT2D eigenvalue weighted by Crippen LogP contribution is -2.30. The van der Waals surface area contributed by atoms with Gasteiger partial charge in [-0.1, -0.05) is 41.4 Å². The van der Waals surface area contributed by atoms with E-state index in [4.69, 9.17) is 23.2 Å². The quantitative estimate of drug-likeness (QED) is 0.717. The molecule has 1 amide bonds. The number of hydrogen-bond acceptors (Lipinski definition) is 2. The van der Waals surface area contributed by atoms with Crippen LogP contribution in [0, 0.1) is 0 Å². The van der Waals surface area contributed by atoms with E-state index in [-0.39, 0.29) is 5.91 Å². The third-order valence-corrected chi connectivity index (χ3v) is 4.26. The number of amides is 1. The maximum Gasteiger partial charge on any atom is 0.255 e. The molecule has 104 valence electrons. The van der Waals surface area contributed by atoms with Crippen molar-refractivity contribution >= 4 is 40.4 Å². The Labute approximate surface area is 132 Å². The van der Waals surface area contributed by atoms with Crippen LogP contribution in [0.2, 0.25) is 9.36 Å². The normalized spacial score (nSPS) is 10.3.